The lowest BCUT2D eigenvalue weighted by Crippen LogP contribution is -2.38. The Bertz CT molecular complexity index is 1530. The van der Waals surface area contributed by atoms with Gasteiger partial charge < -0.3 is 10.6 Å². The Hall–Kier alpha value is -4.14. The Labute approximate surface area is 227 Å². The maximum atomic E-state index is 13.5. The van der Waals surface area contributed by atoms with Crippen LogP contribution in [0.3, 0.4) is 0 Å². The molecule has 1 atom stereocenters. The van der Waals surface area contributed by atoms with Crippen LogP contribution >= 0.6 is 11.6 Å². The van der Waals surface area contributed by atoms with Gasteiger partial charge in [0.05, 0.1) is 27.9 Å². The van der Waals surface area contributed by atoms with Gasteiger partial charge in [-0.2, -0.15) is 0 Å². The molecule has 4 aromatic carbocycles. The molecule has 0 aromatic heterocycles. The highest BCUT2D eigenvalue weighted by molar-refractivity contribution is 7.92. The van der Waals surface area contributed by atoms with Gasteiger partial charge in [0.25, 0.3) is 15.9 Å². The zero-order chi connectivity index (χ0) is 27.1. The van der Waals surface area contributed by atoms with E-state index in [1.807, 2.05) is 37.3 Å². The number of sulfonamides is 1. The number of nitrogens with one attached hydrogen (secondary N) is 2. The smallest absolute Gasteiger partial charge is 0.264 e. The Morgan fingerprint density at radius 2 is 1.47 bits per heavy atom. The highest BCUT2D eigenvalue weighted by atomic mass is 35.5. The second-order valence-electron chi connectivity index (χ2n) is 8.50. The number of rotatable bonds is 9. The van der Waals surface area contributed by atoms with Crippen molar-refractivity contribution in [2.45, 2.75) is 17.9 Å². The fraction of sp³-hybridized carbons (Fsp3) is 0.103. The number of hydrogen-bond donors (Lipinski definition) is 2. The van der Waals surface area contributed by atoms with Crippen molar-refractivity contribution >= 4 is 44.8 Å². The summed E-state index contributed by atoms with van der Waals surface area (Å²) in [6, 6.07) is 29.9. The Morgan fingerprint density at radius 1 is 0.842 bits per heavy atom. The van der Waals surface area contributed by atoms with Gasteiger partial charge in [0, 0.05) is 5.02 Å². The number of carbonyl (C=O) groups excluding carboxylic acids is 2. The second-order valence-corrected chi connectivity index (χ2v) is 10.8. The highest BCUT2D eigenvalue weighted by Crippen LogP contribution is 2.26. The molecule has 2 N–H and O–H groups in total. The van der Waals surface area contributed by atoms with Crippen LogP contribution in [0, 0.1) is 0 Å². The van der Waals surface area contributed by atoms with Crippen LogP contribution in [0.15, 0.2) is 114 Å². The predicted molar refractivity (Wildman–Crippen MR) is 150 cm³/mol. The average Bonchev–Trinajstić information content (AvgIpc) is 2.93. The van der Waals surface area contributed by atoms with E-state index in [1.165, 1.54) is 18.2 Å². The first-order valence-corrected chi connectivity index (χ1v) is 13.7. The third-order valence-corrected chi connectivity index (χ3v) is 7.83. The summed E-state index contributed by atoms with van der Waals surface area (Å²) in [6.07, 6.45) is 0. The molecule has 0 unspecified atom stereocenters. The van der Waals surface area contributed by atoms with Crippen LogP contribution < -0.4 is 14.9 Å². The lowest BCUT2D eigenvalue weighted by atomic mass is 10.1. The van der Waals surface area contributed by atoms with Crippen molar-refractivity contribution in [3.63, 3.8) is 0 Å². The van der Waals surface area contributed by atoms with Gasteiger partial charge in [-0.3, -0.25) is 13.9 Å². The summed E-state index contributed by atoms with van der Waals surface area (Å²) in [5.41, 5.74) is 1.69. The summed E-state index contributed by atoms with van der Waals surface area (Å²) < 4.78 is 28.0. The first kappa shape index (κ1) is 26.9. The van der Waals surface area contributed by atoms with Crippen molar-refractivity contribution in [1.29, 1.82) is 0 Å². The number of benzene rings is 4. The summed E-state index contributed by atoms with van der Waals surface area (Å²) in [7, 11) is -4.10. The van der Waals surface area contributed by atoms with Crippen LogP contribution in [0.2, 0.25) is 5.02 Å². The Morgan fingerprint density at radius 3 is 2.16 bits per heavy atom. The largest absolute Gasteiger partial charge is 0.345 e. The molecule has 38 heavy (non-hydrogen) atoms. The van der Waals surface area contributed by atoms with Crippen molar-refractivity contribution in [1.82, 2.24) is 5.32 Å². The van der Waals surface area contributed by atoms with Crippen LogP contribution in [0.1, 0.15) is 28.9 Å². The molecular weight excluding hydrogens is 522 g/mol. The number of nitrogens with zero attached hydrogens (tertiary/aromatic N) is 1. The molecule has 0 aliphatic heterocycles. The minimum absolute atomic E-state index is 0.0300. The van der Waals surface area contributed by atoms with E-state index in [0.717, 1.165) is 9.87 Å². The Kier molecular flexibility index (Phi) is 8.45. The van der Waals surface area contributed by atoms with Crippen LogP contribution in [-0.2, 0) is 14.8 Å². The molecule has 0 spiro atoms. The first-order valence-electron chi connectivity index (χ1n) is 11.8. The fourth-order valence-electron chi connectivity index (χ4n) is 3.88. The van der Waals surface area contributed by atoms with E-state index in [4.69, 9.17) is 11.6 Å². The maximum absolute atomic E-state index is 13.5. The van der Waals surface area contributed by atoms with E-state index in [-0.39, 0.29) is 33.8 Å². The van der Waals surface area contributed by atoms with Crippen molar-refractivity contribution in [3.05, 3.63) is 125 Å². The first-order chi connectivity index (χ1) is 18.3. The van der Waals surface area contributed by atoms with Crippen molar-refractivity contribution in [2.75, 3.05) is 16.2 Å². The standard InChI is InChI=1S/C29H26ClN3O4S/c1-21(22-11-4-2-5-12-22)31-29(35)26-17-8-9-18-27(26)32-28(34)20-33(24-14-10-13-23(30)19-24)38(36,37)25-15-6-3-7-16-25/h2-19,21H,20H2,1H3,(H,31,35)(H,32,34)/t21-/m0/s1. The van der Waals surface area contributed by atoms with E-state index in [0.29, 0.717) is 5.02 Å². The van der Waals surface area contributed by atoms with Crippen LogP contribution in [0.4, 0.5) is 11.4 Å². The van der Waals surface area contributed by atoms with Crippen LogP contribution in [-0.4, -0.2) is 26.8 Å². The molecule has 0 saturated heterocycles. The lowest BCUT2D eigenvalue weighted by molar-refractivity contribution is -0.114. The van der Waals surface area contributed by atoms with E-state index in [2.05, 4.69) is 10.6 Å². The quantitative estimate of drug-likeness (QED) is 0.282. The van der Waals surface area contributed by atoms with E-state index in [1.54, 1.807) is 60.7 Å². The van der Waals surface area contributed by atoms with Gasteiger partial charge in [-0.05, 0) is 55.0 Å². The molecule has 9 heteroatoms. The second kappa shape index (κ2) is 11.9. The summed E-state index contributed by atoms with van der Waals surface area (Å²) >= 11 is 6.13. The maximum Gasteiger partial charge on any atom is 0.264 e. The molecule has 0 aliphatic rings. The number of para-hydroxylation sites is 1. The van der Waals surface area contributed by atoms with Gasteiger partial charge >= 0.3 is 0 Å². The number of carbonyl (C=O) groups is 2. The molecule has 0 heterocycles. The molecule has 0 saturated carbocycles. The highest BCUT2D eigenvalue weighted by Gasteiger charge is 2.28. The van der Waals surface area contributed by atoms with Crippen LogP contribution in [0.5, 0.6) is 0 Å². The average molecular weight is 548 g/mol. The molecule has 7 nitrogen and oxygen atoms in total. The summed E-state index contributed by atoms with van der Waals surface area (Å²) in [5, 5.41) is 5.96. The molecule has 0 aliphatic carbocycles. The van der Waals surface area contributed by atoms with Crippen molar-refractivity contribution in [2.24, 2.45) is 0 Å². The fourth-order valence-corrected chi connectivity index (χ4v) is 5.49. The summed E-state index contributed by atoms with van der Waals surface area (Å²) in [6.45, 7) is 1.33. The number of halogens is 1. The topological polar surface area (TPSA) is 95.6 Å². The monoisotopic (exact) mass is 547 g/mol. The molecule has 2 amide bonds. The molecule has 4 rings (SSSR count). The van der Waals surface area contributed by atoms with Gasteiger partial charge in [0.1, 0.15) is 6.54 Å². The normalized spacial score (nSPS) is 11.8. The lowest BCUT2D eigenvalue weighted by Gasteiger charge is -2.24. The van der Waals surface area contributed by atoms with Crippen molar-refractivity contribution in [3.8, 4) is 0 Å². The summed E-state index contributed by atoms with van der Waals surface area (Å²) in [5.74, 6) is -0.998. The van der Waals surface area contributed by atoms with E-state index < -0.39 is 22.5 Å². The number of anilines is 2. The van der Waals surface area contributed by atoms with Crippen molar-refractivity contribution < 1.29 is 18.0 Å². The van der Waals surface area contributed by atoms with Gasteiger partial charge in [-0.25, -0.2) is 8.42 Å². The summed E-state index contributed by atoms with van der Waals surface area (Å²) in [4.78, 5) is 26.3. The third-order valence-electron chi connectivity index (χ3n) is 5.81. The van der Waals surface area contributed by atoms with Gasteiger partial charge in [0.15, 0.2) is 0 Å². The third kappa shape index (κ3) is 6.40. The molecular formula is C29H26ClN3O4S. The molecule has 4 aromatic rings. The minimum atomic E-state index is -4.10. The number of amides is 2. The number of hydrogen-bond acceptors (Lipinski definition) is 4. The molecule has 0 fully saturated rings. The Balaban J connectivity index is 1.57. The van der Waals surface area contributed by atoms with Gasteiger partial charge in [-0.1, -0.05) is 78.3 Å². The van der Waals surface area contributed by atoms with Gasteiger partial charge in [-0.15, -0.1) is 0 Å². The molecule has 0 bridgehead atoms. The SMILES string of the molecule is C[C@H](NC(=O)c1ccccc1NC(=O)CN(c1cccc(Cl)c1)S(=O)(=O)c1ccccc1)c1ccccc1. The molecule has 194 valence electrons. The minimum Gasteiger partial charge on any atom is -0.345 e. The predicted octanol–water partition coefficient (Wildman–Crippen LogP) is 5.67. The zero-order valence-electron chi connectivity index (χ0n) is 20.5. The molecule has 0 radical (unpaired) electrons. The van der Waals surface area contributed by atoms with E-state index >= 15 is 0 Å². The van der Waals surface area contributed by atoms with Crippen LogP contribution in [0.25, 0.3) is 0 Å². The zero-order valence-corrected chi connectivity index (χ0v) is 22.1. The van der Waals surface area contributed by atoms with E-state index in [9.17, 15) is 18.0 Å². The van der Waals surface area contributed by atoms with Gasteiger partial charge in [0.2, 0.25) is 5.91 Å².